The summed E-state index contributed by atoms with van der Waals surface area (Å²) in [6, 6.07) is 7.76. The van der Waals surface area contributed by atoms with E-state index in [1.54, 1.807) is 24.3 Å². The molecule has 1 amide bonds. The molecule has 0 saturated carbocycles. The van der Waals surface area contributed by atoms with Crippen LogP contribution >= 0.6 is 0 Å². The van der Waals surface area contributed by atoms with Crippen molar-refractivity contribution in [2.45, 2.75) is 20.1 Å². The number of nitrogens with zero attached hydrogens (tertiary/aromatic N) is 1. The summed E-state index contributed by atoms with van der Waals surface area (Å²) in [5.41, 5.74) is 6.70. The van der Waals surface area contributed by atoms with Crippen LogP contribution in [-0.4, -0.2) is 40.2 Å². The van der Waals surface area contributed by atoms with Gasteiger partial charge in [0.05, 0.1) is 30.0 Å². The Labute approximate surface area is 150 Å². The first-order valence-electron chi connectivity index (χ1n) is 8.12. The highest BCUT2D eigenvalue weighted by Gasteiger charge is 2.16. The van der Waals surface area contributed by atoms with E-state index in [0.29, 0.717) is 35.8 Å². The minimum Gasteiger partial charge on any atom is -0.490 e. The Morgan fingerprint density at radius 1 is 1.12 bits per heavy atom. The van der Waals surface area contributed by atoms with Crippen molar-refractivity contribution in [1.29, 1.82) is 0 Å². The van der Waals surface area contributed by atoms with Gasteiger partial charge in [0.25, 0.3) is 5.84 Å². The SMILES string of the molecule is CCOc1ccc(C(=O)[NH+]=C(N)c2ccnc(C(O)O)c2)cc1OCC. The number of nitrogens with two attached hydrogens (primary N) is 1. The predicted molar refractivity (Wildman–Crippen MR) is 93.8 cm³/mol. The van der Waals surface area contributed by atoms with Gasteiger partial charge in [-0.3, -0.25) is 10.7 Å². The Bertz CT molecular complexity index is 805. The lowest BCUT2D eigenvalue weighted by molar-refractivity contribution is -0.345. The third kappa shape index (κ3) is 4.78. The van der Waals surface area contributed by atoms with E-state index in [0.717, 1.165) is 0 Å². The van der Waals surface area contributed by atoms with Gasteiger partial charge >= 0.3 is 5.91 Å². The number of hydrogen-bond donors (Lipinski definition) is 4. The van der Waals surface area contributed by atoms with Crippen LogP contribution in [-0.2, 0) is 0 Å². The van der Waals surface area contributed by atoms with E-state index in [4.69, 9.17) is 15.2 Å². The Hall–Kier alpha value is -2.97. The number of aliphatic hydroxyl groups excluding tert-OH is 1. The average Bonchev–Trinajstić information content (AvgIpc) is 2.63. The van der Waals surface area contributed by atoms with E-state index in [2.05, 4.69) is 9.98 Å². The molecule has 0 aliphatic heterocycles. The number of hydrogen-bond acceptors (Lipinski definition) is 6. The van der Waals surface area contributed by atoms with Gasteiger partial charge in [0.1, 0.15) is 0 Å². The first-order valence-corrected chi connectivity index (χ1v) is 8.12. The zero-order chi connectivity index (χ0) is 19.1. The van der Waals surface area contributed by atoms with Crippen molar-refractivity contribution in [2.75, 3.05) is 13.2 Å². The first kappa shape index (κ1) is 19.4. The molecule has 0 aliphatic rings. The molecular weight excluding hydrogens is 338 g/mol. The molecule has 1 heterocycles. The highest BCUT2D eigenvalue weighted by Crippen LogP contribution is 2.28. The molecule has 2 rings (SSSR count). The monoisotopic (exact) mass is 360 g/mol. The molecule has 5 N–H and O–H groups in total. The Morgan fingerprint density at radius 3 is 2.46 bits per heavy atom. The molecule has 1 aromatic heterocycles. The Balaban J connectivity index is 2.29. The van der Waals surface area contributed by atoms with Gasteiger partial charge in [0.2, 0.25) is 0 Å². The largest absolute Gasteiger partial charge is 0.490 e. The van der Waals surface area contributed by atoms with Crippen LogP contribution in [0, 0.1) is 0 Å². The van der Waals surface area contributed by atoms with Crippen molar-refractivity contribution in [3.8, 4) is 11.5 Å². The van der Waals surface area contributed by atoms with E-state index >= 15 is 0 Å². The summed E-state index contributed by atoms with van der Waals surface area (Å²) in [6.07, 6.45) is -0.356. The zero-order valence-corrected chi connectivity index (χ0v) is 14.6. The fourth-order valence-corrected chi connectivity index (χ4v) is 2.22. The van der Waals surface area contributed by atoms with Gasteiger partial charge in [-0.2, -0.15) is 0 Å². The maximum atomic E-state index is 12.5. The second-order valence-corrected chi connectivity index (χ2v) is 5.24. The maximum Gasteiger partial charge on any atom is 0.339 e. The molecule has 0 fully saturated rings. The van der Waals surface area contributed by atoms with Gasteiger partial charge in [-0.15, -0.1) is 0 Å². The van der Waals surface area contributed by atoms with E-state index < -0.39 is 12.2 Å². The fourth-order valence-electron chi connectivity index (χ4n) is 2.22. The van der Waals surface area contributed by atoms with E-state index in [-0.39, 0.29) is 11.5 Å². The molecule has 0 aliphatic carbocycles. The third-order valence-electron chi connectivity index (χ3n) is 3.41. The van der Waals surface area contributed by atoms with Crippen LogP contribution in [0.5, 0.6) is 11.5 Å². The highest BCUT2D eigenvalue weighted by molar-refractivity contribution is 5.98. The smallest absolute Gasteiger partial charge is 0.339 e. The van der Waals surface area contributed by atoms with Crippen LogP contribution in [0.4, 0.5) is 0 Å². The summed E-state index contributed by atoms with van der Waals surface area (Å²) in [5.74, 6) is 0.647. The van der Waals surface area contributed by atoms with Crippen LogP contribution in [0.3, 0.4) is 0 Å². The maximum absolute atomic E-state index is 12.5. The quantitative estimate of drug-likeness (QED) is 0.297. The molecule has 0 atom stereocenters. The molecule has 26 heavy (non-hydrogen) atoms. The van der Waals surface area contributed by atoms with E-state index in [9.17, 15) is 15.0 Å². The standard InChI is InChI=1S/C18H21N3O5/c1-3-25-14-6-5-12(10-15(14)26-4-2)17(22)21-16(19)11-7-8-20-13(9-11)18(23)24/h5-10,18,23-24H,3-4H2,1-2H3,(H2,19,21,22)/p+1. The molecule has 138 valence electrons. The van der Waals surface area contributed by atoms with Crippen molar-refractivity contribution in [3.63, 3.8) is 0 Å². The van der Waals surface area contributed by atoms with Crippen LogP contribution in [0.1, 0.15) is 41.8 Å². The number of amides is 1. The summed E-state index contributed by atoms with van der Waals surface area (Å²) in [4.78, 5) is 18.8. The van der Waals surface area contributed by atoms with Gasteiger partial charge in [-0.25, -0.2) is 9.79 Å². The fraction of sp³-hybridized carbons (Fsp3) is 0.278. The van der Waals surface area contributed by atoms with Crippen molar-refractivity contribution < 1.29 is 29.5 Å². The molecule has 0 unspecified atom stereocenters. The van der Waals surface area contributed by atoms with Crippen LogP contribution in [0.25, 0.3) is 0 Å². The number of carbonyl (C=O) groups excluding carboxylic acids is 1. The number of aliphatic hydroxyl groups is 2. The summed E-state index contributed by atoms with van der Waals surface area (Å²) in [6.45, 7) is 4.61. The van der Waals surface area contributed by atoms with Crippen molar-refractivity contribution in [1.82, 2.24) is 4.98 Å². The molecule has 2 aromatic rings. The number of benzene rings is 1. The lowest BCUT2D eigenvalue weighted by Gasteiger charge is -2.11. The molecule has 1 aromatic carbocycles. The van der Waals surface area contributed by atoms with E-state index in [1.165, 1.54) is 12.3 Å². The number of amidine groups is 1. The molecular formula is C18H22N3O5+. The third-order valence-corrected chi connectivity index (χ3v) is 3.41. The van der Waals surface area contributed by atoms with Gasteiger partial charge in [-0.1, -0.05) is 0 Å². The highest BCUT2D eigenvalue weighted by atomic mass is 16.5. The number of pyridine rings is 1. The van der Waals surface area contributed by atoms with Crippen LogP contribution < -0.4 is 20.2 Å². The van der Waals surface area contributed by atoms with Crippen LogP contribution in [0.15, 0.2) is 36.5 Å². The molecule has 0 radical (unpaired) electrons. The minimum atomic E-state index is -1.72. The summed E-state index contributed by atoms with van der Waals surface area (Å²) in [7, 11) is 0. The Kier molecular flexibility index (Phi) is 6.65. The number of aromatic nitrogens is 1. The van der Waals surface area contributed by atoms with Crippen molar-refractivity contribution >= 4 is 11.7 Å². The van der Waals surface area contributed by atoms with Gasteiger partial charge < -0.3 is 19.7 Å². The second kappa shape index (κ2) is 8.93. The van der Waals surface area contributed by atoms with Gasteiger partial charge in [-0.05, 0) is 44.2 Å². The summed E-state index contributed by atoms with van der Waals surface area (Å²) >= 11 is 0. The Morgan fingerprint density at radius 2 is 1.81 bits per heavy atom. The summed E-state index contributed by atoms with van der Waals surface area (Å²) < 4.78 is 11.0. The van der Waals surface area contributed by atoms with Crippen LogP contribution in [0.2, 0.25) is 0 Å². The van der Waals surface area contributed by atoms with Gasteiger partial charge in [0.15, 0.2) is 17.8 Å². The normalized spacial score (nSPS) is 11.5. The number of nitrogens with one attached hydrogen (secondary N) is 1. The topological polar surface area (TPSA) is 129 Å². The van der Waals surface area contributed by atoms with E-state index in [1.807, 2.05) is 13.8 Å². The number of nitrogen functional groups attached to an aromatic ring is 1. The lowest BCUT2D eigenvalue weighted by Crippen LogP contribution is -2.79. The first-order chi connectivity index (χ1) is 12.5. The molecule has 0 saturated heterocycles. The second-order valence-electron chi connectivity index (χ2n) is 5.24. The average molecular weight is 360 g/mol. The number of ether oxygens (including phenoxy) is 2. The molecule has 0 bridgehead atoms. The molecule has 8 heteroatoms. The summed E-state index contributed by atoms with van der Waals surface area (Å²) in [5, 5.41) is 18.3. The minimum absolute atomic E-state index is 0.0272. The zero-order valence-electron chi connectivity index (χ0n) is 14.6. The predicted octanol–water partition coefficient (Wildman–Crippen LogP) is -0.511. The van der Waals surface area contributed by atoms with Crippen molar-refractivity contribution in [2.24, 2.45) is 5.73 Å². The molecule has 0 spiro atoms. The molecule has 8 nitrogen and oxygen atoms in total. The number of carbonyl (C=O) groups is 1. The lowest BCUT2D eigenvalue weighted by atomic mass is 10.1. The number of rotatable bonds is 7. The van der Waals surface area contributed by atoms with Gasteiger partial charge in [0, 0.05) is 6.20 Å². The van der Waals surface area contributed by atoms with Crippen molar-refractivity contribution in [3.05, 3.63) is 53.3 Å².